The molecule has 0 aliphatic carbocycles. The Labute approximate surface area is 105 Å². The van der Waals surface area contributed by atoms with Gasteiger partial charge in [0.25, 0.3) is 0 Å². The first-order valence-corrected chi connectivity index (χ1v) is 6.42. The van der Waals surface area contributed by atoms with Gasteiger partial charge in [-0.15, -0.1) is 0 Å². The normalized spacial score (nSPS) is 23.5. The SMILES string of the molecule is CC1(C)CN(Cc2ccccc2)CC(C)(C)N1. The van der Waals surface area contributed by atoms with Crippen LogP contribution >= 0.6 is 0 Å². The van der Waals surface area contributed by atoms with E-state index in [9.17, 15) is 0 Å². The Balaban J connectivity index is 2.06. The highest BCUT2D eigenvalue weighted by Gasteiger charge is 2.36. The lowest BCUT2D eigenvalue weighted by atomic mass is 9.91. The van der Waals surface area contributed by atoms with Crippen molar-refractivity contribution in [3.8, 4) is 0 Å². The van der Waals surface area contributed by atoms with E-state index in [2.05, 4.69) is 68.2 Å². The molecular formula is C15H24N2. The molecule has 0 amide bonds. The Morgan fingerprint density at radius 2 is 1.53 bits per heavy atom. The highest BCUT2D eigenvalue weighted by atomic mass is 15.3. The summed E-state index contributed by atoms with van der Waals surface area (Å²) in [6.07, 6.45) is 0. The molecular weight excluding hydrogens is 208 g/mol. The second-order valence-electron chi connectivity index (χ2n) is 6.52. The van der Waals surface area contributed by atoms with Crippen LogP contribution in [-0.4, -0.2) is 29.1 Å². The van der Waals surface area contributed by atoms with Crippen LogP contribution in [0.15, 0.2) is 30.3 Å². The number of hydrogen-bond acceptors (Lipinski definition) is 2. The maximum Gasteiger partial charge on any atom is 0.0257 e. The molecule has 1 aliphatic rings. The predicted octanol–water partition coefficient (Wildman–Crippen LogP) is 2.65. The van der Waals surface area contributed by atoms with Crippen LogP contribution in [0.25, 0.3) is 0 Å². The van der Waals surface area contributed by atoms with Crippen molar-refractivity contribution >= 4 is 0 Å². The van der Waals surface area contributed by atoms with Gasteiger partial charge < -0.3 is 5.32 Å². The number of nitrogens with one attached hydrogen (secondary N) is 1. The smallest absolute Gasteiger partial charge is 0.0257 e. The van der Waals surface area contributed by atoms with Crippen molar-refractivity contribution in [3.63, 3.8) is 0 Å². The molecule has 2 heteroatoms. The fourth-order valence-electron chi connectivity index (χ4n) is 3.12. The van der Waals surface area contributed by atoms with E-state index in [-0.39, 0.29) is 11.1 Å². The number of nitrogens with zero attached hydrogens (tertiary/aromatic N) is 1. The van der Waals surface area contributed by atoms with Gasteiger partial charge in [0.2, 0.25) is 0 Å². The van der Waals surface area contributed by atoms with E-state index in [1.54, 1.807) is 0 Å². The Morgan fingerprint density at radius 3 is 2.06 bits per heavy atom. The lowest BCUT2D eigenvalue weighted by Gasteiger charge is -2.48. The molecule has 0 saturated carbocycles. The van der Waals surface area contributed by atoms with Crippen molar-refractivity contribution in [2.45, 2.75) is 45.3 Å². The van der Waals surface area contributed by atoms with Gasteiger partial charge in [-0.25, -0.2) is 0 Å². The van der Waals surface area contributed by atoms with Crippen molar-refractivity contribution in [1.29, 1.82) is 0 Å². The minimum absolute atomic E-state index is 0.191. The molecule has 1 N–H and O–H groups in total. The number of rotatable bonds is 2. The lowest BCUT2D eigenvalue weighted by Crippen LogP contribution is -2.66. The van der Waals surface area contributed by atoms with Gasteiger partial charge in [0.05, 0.1) is 0 Å². The second-order valence-corrected chi connectivity index (χ2v) is 6.52. The predicted molar refractivity (Wildman–Crippen MR) is 73.0 cm³/mol. The van der Waals surface area contributed by atoms with Gasteiger partial charge in [-0.1, -0.05) is 30.3 Å². The second kappa shape index (κ2) is 4.43. The fraction of sp³-hybridized carbons (Fsp3) is 0.600. The maximum absolute atomic E-state index is 3.71. The van der Waals surface area contributed by atoms with Crippen LogP contribution in [0, 0.1) is 0 Å². The van der Waals surface area contributed by atoms with Crippen molar-refractivity contribution in [1.82, 2.24) is 10.2 Å². The first-order chi connectivity index (χ1) is 7.86. The number of benzene rings is 1. The molecule has 0 atom stereocenters. The molecule has 1 aromatic carbocycles. The molecule has 2 rings (SSSR count). The van der Waals surface area contributed by atoms with E-state index in [4.69, 9.17) is 0 Å². The Morgan fingerprint density at radius 1 is 1.00 bits per heavy atom. The van der Waals surface area contributed by atoms with E-state index in [1.165, 1.54) is 5.56 Å². The lowest BCUT2D eigenvalue weighted by molar-refractivity contribution is 0.0728. The molecule has 0 radical (unpaired) electrons. The monoisotopic (exact) mass is 232 g/mol. The summed E-state index contributed by atoms with van der Waals surface area (Å²) in [4.78, 5) is 2.55. The minimum atomic E-state index is 0.191. The zero-order valence-corrected chi connectivity index (χ0v) is 11.5. The molecule has 0 unspecified atom stereocenters. The summed E-state index contributed by atoms with van der Waals surface area (Å²) in [5, 5.41) is 3.71. The molecule has 1 aromatic rings. The van der Waals surface area contributed by atoms with Crippen LogP contribution in [0.3, 0.4) is 0 Å². The maximum atomic E-state index is 3.71. The summed E-state index contributed by atoms with van der Waals surface area (Å²) in [5.74, 6) is 0. The summed E-state index contributed by atoms with van der Waals surface area (Å²) in [6.45, 7) is 12.4. The highest BCUT2D eigenvalue weighted by molar-refractivity contribution is 5.15. The third kappa shape index (κ3) is 3.55. The largest absolute Gasteiger partial charge is 0.304 e. The molecule has 0 aromatic heterocycles. The van der Waals surface area contributed by atoms with E-state index in [0.717, 1.165) is 19.6 Å². The van der Waals surface area contributed by atoms with Crippen molar-refractivity contribution < 1.29 is 0 Å². The summed E-state index contributed by atoms with van der Waals surface area (Å²) in [7, 11) is 0. The van der Waals surface area contributed by atoms with Gasteiger partial charge in [0.1, 0.15) is 0 Å². The molecule has 2 nitrogen and oxygen atoms in total. The standard InChI is InChI=1S/C15H24N2/c1-14(2)11-17(12-15(3,4)16-14)10-13-8-6-5-7-9-13/h5-9,16H,10-12H2,1-4H3. The summed E-state index contributed by atoms with van der Waals surface area (Å²) in [6, 6.07) is 10.7. The van der Waals surface area contributed by atoms with Crippen LogP contribution in [-0.2, 0) is 6.54 Å². The summed E-state index contributed by atoms with van der Waals surface area (Å²) < 4.78 is 0. The molecule has 1 fully saturated rings. The van der Waals surface area contributed by atoms with E-state index in [0.29, 0.717) is 0 Å². The molecule has 1 heterocycles. The number of piperazine rings is 1. The highest BCUT2D eigenvalue weighted by Crippen LogP contribution is 2.22. The van der Waals surface area contributed by atoms with Crippen molar-refractivity contribution in [3.05, 3.63) is 35.9 Å². The summed E-state index contributed by atoms with van der Waals surface area (Å²) >= 11 is 0. The van der Waals surface area contributed by atoms with E-state index < -0.39 is 0 Å². The van der Waals surface area contributed by atoms with Gasteiger partial charge >= 0.3 is 0 Å². The summed E-state index contributed by atoms with van der Waals surface area (Å²) in [5.41, 5.74) is 1.79. The van der Waals surface area contributed by atoms with Crippen molar-refractivity contribution in [2.75, 3.05) is 13.1 Å². The molecule has 1 saturated heterocycles. The van der Waals surface area contributed by atoms with Crippen LogP contribution in [0.2, 0.25) is 0 Å². The van der Waals surface area contributed by atoms with Gasteiger partial charge in [0, 0.05) is 30.7 Å². The van der Waals surface area contributed by atoms with Gasteiger partial charge in [-0.05, 0) is 33.3 Å². The van der Waals surface area contributed by atoms with Gasteiger partial charge in [-0.2, -0.15) is 0 Å². The fourth-order valence-corrected chi connectivity index (χ4v) is 3.12. The molecule has 94 valence electrons. The van der Waals surface area contributed by atoms with Crippen LogP contribution in [0.4, 0.5) is 0 Å². The van der Waals surface area contributed by atoms with Crippen LogP contribution < -0.4 is 5.32 Å². The minimum Gasteiger partial charge on any atom is -0.304 e. The Hall–Kier alpha value is -0.860. The molecule has 1 aliphatic heterocycles. The van der Waals surface area contributed by atoms with Gasteiger partial charge in [0.15, 0.2) is 0 Å². The first kappa shape index (κ1) is 12.6. The average Bonchev–Trinajstić information content (AvgIpc) is 2.13. The quantitative estimate of drug-likeness (QED) is 0.843. The zero-order valence-electron chi connectivity index (χ0n) is 11.5. The third-order valence-corrected chi connectivity index (χ3v) is 3.16. The molecule has 17 heavy (non-hydrogen) atoms. The molecule has 0 bridgehead atoms. The van der Waals surface area contributed by atoms with Crippen LogP contribution in [0.1, 0.15) is 33.3 Å². The number of hydrogen-bond donors (Lipinski definition) is 1. The first-order valence-electron chi connectivity index (χ1n) is 6.42. The van der Waals surface area contributed by atoms with Crippen LogP contribution in [0.5, 0.6) is 0 Å². The average molecular weight is 232 g/mol. The topological polar surface area (TPSA) is 15.3 Å². The third-order valence-electron chi connectivity index (χ3n) is 3.16. The van der Waals surface area contributed by atoms with Crippen molar-refractivity contribution in [2.24, 2.45) is 0 Å². The van der Waals surface area contributed by atoms with Gasteiger partial charge in [-0.3, -0.25) is 4.90 Å². The Bertz CT molecular complexity index is 352. The zero-order chi connectivity index (χ0) is 12.5. The Kier molecular flexibility index (Phi) is 3.28. The van der Waals surface area contributed by atoms with E-state index in [1.807, 2.05) is 0 Å². The van der Waals surface area contributed by atoms with E-state index >= 15 is 0 Å². The molecule has 0 spiro atoms.